The number of methoxy groups -OCH3 is 2. The number of likely N-dealkylation sites (tertiary alicyclic amines) is 1. The number of sulfonamides is 1. The molecule has 1 fully saturated rings. The van der Waals surface area contributed by atoms with Gasteiger partial charge in [-0.15, -0.1) is 0 Å². The molecule has 0 aliphatic carbocycles. The van der Waals surface area contributed by atoms with E-state index in [1.807, 2.05) is 36.2 Å². The lowest BCUT2D eigenvalue weighted by atomic mass is 9.91. The minimum absolute atomic E-state index is 0.0880. The molecule has 2 aromatic carbocycles. The van der Waals surface area contributed by atoms with Crippen LogP contribution in [-0.4, -0.2) is 66.9 Å². The summed E-state index contributed by atoms with van der Waals surface area (Å²) in [4.78, 5) is 1.96. The van der Waals surface area contributed by atoms with Crippen LogP contribution in [0, 0.1) is 0 Å². The Morgan fingerprint density at radius 3 is 1.82 bits per heavy atom. The Balaban J connectivity index is 1.67. The monoisotopic (exact) mass is 486 g/mol. The van der Waals surface area contributed by atoms with Crippen LogP contribution in [0.5, 0.6) is 11.5 Å². The van der Waals surface area contributed by atoms with Crippen molar-refractivity contribution in [2.75, 3.05) is 34.4 Å². The Labute approximate surface area is 200 Å². The quantitative estimate of drug-likeness (QED) is 0.494. The summed E-state index contributed by atoms with van der Waals surface area (Å²) < 4.78 is 40.8. The summed E-state index contributed by atoms with van der Waals surface area (Å²) in [5.74, 6) is 1.39. The molecule has 1 aromatic heterocycles. The van der Waals surface area contributed by atoms with Crippen molar-refractivity contribution in [2.45, 2.75) is 23.7 Å². The molecule has 34 heavy (non-hydrogen) atoms. The third-order valence-electron chi connectivity index (χ3n) is 6.04. The number of benzene rings is 2. The maximum Gasteiger partial charge on any atom is 0.263 e. The lowest BCUT2D eigenvalue weighted by Gasteiger charge is -2.44. The number of rotatable bonds is 9. The van der Waals surface area contributed by atoms with E-state index in [1.165, 1.54) is 15.1 Å². The van der Waals surface area contributed by atoms with E-state index in [4.69, 9.17) is 9.47 Å². The van der Waals surface area contributed by atoms with Gasteiger partial charge in [-0.3, -0.25) is 9.58 Å². The summed E-state index contributed by atoms with van der Waals surface area (Å²) in [5, 5.41) is 15.1. The van der Waals surface area contributed by atoms with Crippen LogP contribution < -0.4 is 9.47 Å². The number of aliphatic hydroxyl groups is 1. The van der Waals surface area contributed by atoms with Gasteiger partial charge in [-0.1, -0.05) is 24.3 Å². The number of nitrogens with zero attached hydrogens (tertiary/aromatic N) is 4. The van der Waals surface area contributed by atoms with E-state index in [9.17, 15) is 13.5 Å². The van der Waals surface area contributed by atoms with Crippen molar-refractivity contribution < 1.29 is 23.0 Å². The molecule has 4 rings (SSSR count). The van der Waals surface area contributed by atoms with E-state index < -0.39 is 15.6 Å². The Kier molecular flexibility index (Phi) is 6.68. The first-order chi connectivity index (χ1) is 16.1. The zero-order valence-corrected chi connectivity index (χ0v) is 20.6. The largest absolute Gasteiger partial charge is 0.497 e. The molecule has 0 radical (unpaired) electrons. The van der Waals surface area contributed by atoms with Crippen molar-refractivity contribution in [2.24, 2.45) is 7.05 Å². The molecule has 0 amide bonds. The van der Waals surface area contributed by atoms with Crippen LogP contribution in [0.4, 0.5) is 0 Å². The van der Waals surface area contributed by atoms with Crippen molar-refractivity contribution in [3.63, 3.8) is 0 Å². The molecule has 1 N–H and O–H groups in total. The highest BCUT2D eigenvalue weighted by Crippen LogP contribution is 2.32. The van der Waals surface area contributed by atoms with Gasteiger partial charge in [-0.25, -0.2) is 8.42 Å². The van der Waals surface area contributed by atoms with Crippen molar-refractivity contribution in [1.29, 1.82) is 0 Å². The molecular formula is C24H30N4O5S. The number of β-amino-alcohol motifs (C(OH)–C–C–N with tert-alkyl or cyclic N) is 1. The lowest BCUT2D eigenvalue weighted by molar-refractivity contribution is -0.0972. The van der Waals surface area contributed by atoms with Crippen LogP contribution in [0.3, 0.4) is 0 Å². The van der Waals surface area contributed by atoms with Crippen LogP contribution in [0.15, 0.2) is 59.6 Å². The van der Waals surface area contributed by atoms with Gasteiger partial charge in [0.05, 0.1) is 19.9 Å². The van der Waals surface area contributed by atoms with E-state index in [0.29, 0.717) is 30.3 Å². The number of aromatic nitrogens is 2. The van der Waals surface area contributed by atoms with Crippen LogP contribution >= 0.6 is 0 Å². The fraction of sp³-hybridized carbons (Fsp3) is 0.375. The molecule has 1 aliphatic heterocycles. The van der Waals surface area contributed by atoms with Crippen molar-refractivity contribution in [1.82, 2.24) is 19.0 Å². The van der Waals surface area contributed by atoms with E-state index >= 15 is 0 Å². The number of hydrogen-bond acceptors (Lipinski definition) is 7. The molecule has 0 unspecified atom stereocenters. The molecule has 2 heterocycles. The zero-order chi connectivity index (χ0) is 24.5. The maximum absolute atomic E-state index is 13.8. The molecule has 0 saturated carbocycles. The molecule has 9 nitrogen and oxygen atoms in total. The minimum Gasteiger partial charge on any atom is -0.497 e. The molecule has 10 heteroatoms. The Morgan fingerprint density at radius 1 is 0.941 bits per heavy atom. The molecule has 1 saturated heterocycles. The molecule has 0 atom stereocenters. The number of ether oxygens (including phenoxy) is 2. The molecule has 0 bridgehead atoms. The predicted molar refractivity (Wildman–Crippen MR) is 127 cm³/mol. The number of likely N-dealkylation sites (N-methyl/N-ethyl adjacent to an activating group) is 1. The zero-order valence-electron chi connectivity index (χ0n) is 19.8. The van der Waals surface area contributed by atoms with Gasteiger partial charge in [-0.2, -0.15) is 9.40 Å². The SMILES string of the molecule is COc1ccc(CN(Cc2ccc(OC)cc2)S(=O)(=O)c2cc(C3(O)CN(C)C3)n(C)n2)cc1. The van der Waals surface area contributed by atoms with Crippen molar-refractivity contribution in [3.8, 4) is 11.5 Å². The molecule has 3 aromatic rings. The van der Waals surface area contributed by atoms with Gasteiger partial charge in [-0.05, 0) is 42.4 Å². The predicted octanol–water partition coefficient (Wildman–Crippen LogP) is 1.96. The fourth-order valence-corrected chi connectivity index (χ4v) is 5.63. The highest BCUT2D eigenvalue weighted by molar-refractivity contribution is 7.89. The molecular weight excluding hydrogens is 456 g/mol. The van der Waals surface area contributed by atoms with Gasteiger partial charge in [0.25, 0.3) is 10.0 Å². The summed E-state index contributed by atoms with van der Waals surface area (Å²) >= 11 is 0. The molecule has 1 aliphatic rings. The standard InChI is InChI=1S/C24H30N4O5S/c1-26-16-24(29,17-26)22-13-23(25-27(22)2)34(30,31)28(14-18-5-9-20(32-3)10-6-18)15-19-7-11-21(33-4)12-8-19/h5-13,29H,14-17H2,1-4H3. The van der Waals surface area contributed by atoms with E-state index in [1.54, 1.807) is 45.5 Å². The number of aryl methyl sites for hydroxylation is 1. The molecule has 0 spiro atoms. The van der Waals surface area contributed by atoms with Crippen molar-refractivity contribution >= 4 is 10.0 Å². The topological polar surface area (TPSA) is 97.1 Å². The van der Waals surface area contributed by atoms with Gasteiger partial charge in [0.2, 0.25) is 0 Å². The Bertz CT molecular complexity index is 1180. The third-order valence-corrected chi connectivity index (χ3v) is 7.70. The van der Waals surface area contributed by atoms with Crippen molar-refractivity contribution in [3.05, 3.63) is 71.4 Å². The van der Waals surface area contributed by atoms with Gasteiger partial charge < -0.3 is 14.6 Å². The second kappa shape index (κ2) is 9.38. The van der Waals surface area contributed by atoms with Gasteiger partial charge >= 0.3 is 0 Å². The van der Waals surface area contributed by atoms with E-state index in [2.05, 4.69) is 5.10 Å². The Hall–Kier alpha value is -2.92. The van der Waals surface area contributed by atoms with Crippen LogP contribution in [-0.2, 0) is 35.8 Å². The average Bonchev–Trinajstić information content (AvgIpc) is 3.21. The first-order valence-corrected chi connectivity index (χ1v) is 12.3. The van der Waals surface area contributed by atoms with Gasteiger partial charge in [0.15, 0.2) is 5.03 Å². The average molecular weight is 487 g/mol. The lowest BCUT2D eigenvalue weighted by Crippen LogP contribution is -2.58. The summed E-state index contributed by atoms with van der Waals surface area (Å²) in [6.45, 7) is 1.15. The van der Waals surface area contributed by atoms with E-state index in [0.717, 1.165) is 11.1 Å². The third kappa shape index (κ3) is 4.80. The summed E-state index contributed by atoms with van der Waals surface area (Å²) in [6, 6.07) is 16.0. The second-order valence-corrected chi connectivity index (χ2v) is 10.5. The van der Waals surface area contributed by atoms with Crippen LogP contribution in [0.1, 0.15) is 16.8 Å². The normalized spacial score (nSPS) is 15.8. The molecule has 182 valence electrons. The van der Waals surface area contributed by atoms with Crippen LogP contribution in [0.25, 0.3) is 0 Å². The first kappa shape index (κ1) is 24.2. The van der Waals surface area contributed by atoms with Gasteiger partial charge in [0.1, 0.15) is 17.1 Å². The van der Waals surface area contributed by atoms with Crippen LogP contribution in [0.2, 0.25) is 0 Å². The Morgan fingerprint density at radius 2 is 1.41 bits per heavy atom. The smallest absolute Gasteiger partial charge is 0.263 e. The summed E-state index contributed by atoms with van der Waals surface area (Å²) in [6.07, 6.45) is 0. The fourth-order valence-electron chi connectivity index (χ4n) is 4.24. The maximum atomic E-state index is 13.8. The first-order valence-electron chi connectivity index (χ1n) is 10.9. The highest BCUT2D eigenvalue weighted by Gasteiger charge is 2.44. The summed E-state index contributed by atoms with van der Waals surface area (Å²) in [7, 11) is 2.75. The summed E-state index contributed by atoms with van der Waals surface area (Å²) in [5.41, 5.74) is 1.00. The highest BCUT2D eigenvalue weighted by atomic mass is 32.2. The number of hydrogen-bond donors (Lipinski definition) is 1. The van der Waals surface area contributed by atoms with Gasteiger partial charge in [0, 0.05) is 39.3 Å². The van der Waals surface area contributed by atoms with E-state index in [-0.39, 0.29) is 18.1 Å². The minimum atomic E-state index is -3.97. The second-order valence-electron chi connectivity index (χ2n) is 8.66.